The maximum Gasteiger partial charge on any atom is 0.253 e. The van der Waals surface area contributed by atoms with Gasteiger partial charge in [0, 0.05) is 5.56 Å². The van der Waals surface area contributed by atoms with Crippen molar-refractivity contribution in [1.82, 2.24) is 0 Å². The van der Waals surface area contributed by atoms with Crippen molar-refractivity contribution >= 4 is 66.0 Å². The molecule has 0 amide bonds. The van der Waals surface area contributed by atoms with Crippen molar-refractivity contribution in [3.8, 4) is 0 Å². The second kappa shape index (κ2) is 4.67. The predicted octanol–water partition coefficient (Wildman–Crippen LogP) is 5.34. The molecule has 0 saturated heterocycles. The van der Waals surface area contributed by atoms with E-state index in [9.17, 15) is 9.59 Å². The van der Waals surface area contributed by atoms with Crippen LogP contribution in [0.3, 0.4) is 0 Å². The summed E-state index contributed by atoms with van der Waals surface area (Å²) in [5, 5.41) is 4.31. The third kappa shape index (κ3) is 1.75. The zero-order chi connectivity index (χ0) is 15.4. The minimum Gasteiger partial charge on any atom is -0.276 e. The highest BCUT2D eigenvalue weighted by atomic mass is 35.5. The molecule has 0 aliphatic rings. The number of rotatable bonds is 2. The highest BCUT2D eigenvalue weighted by molar-refractivity contribution is 6.73. The summed E-state index contributed by atoms with van der Waals surface area (Å²) in [6.45, 7) is 0. The minimum atomic E-state index is -0.686. The van der Waals surface area contributed by atoms with Crippen LogP contribution in [-0.2, 0) is 0 Å². The van der Waals surface area contributed by atoms with Gasteiger partial charge in [0.05, 0.1) is 5.56 Å². The first-order valence-corrected chi connectivity index (χ1v) is 7.43. The largest absolute Gasteiger partial charge is 0.276 e. The Morgan fingerprint density at radius 1 is 0.727 bits per heavy atom. The van der Waals surface area contributed by atoms with Crippen molar-refractivity contribution in [3.63, 3.8) is 0 Å². The Kier molecular flexibility index (Phi) is 2.86. The van der Waals surface area contributed by atoms with Crippen molar-refractivity contribution in [2.24, 2.45) is 0 Å². The van der Waals surface area contributed by atoms with Crippen molar-refractivity contribution in [1.29, 1.82) is 0 Å². The van der Waals surface area contributed by atoms with Crippen LogP contribution in [0.5, 0.6) is 0 Å². The van der Waals surface area contributed by atoms with Gasteiger partial charge in [-0.2, -0.15) is 0 Å². The third-order valence-electron chi connectivity index (χ3n) is 4.06. The van der Waals surface area contributed by atoms with E-state index >= 15 is 0 Å². The first-order chi connectivity index (χ1) is 10.6. The minimum absolute atomic E-state index is 0.146. The van der Waals surface area contributed by atoms with Crippen LogP contribution in [-0.4, -0.2) is 10.5 Å². The summed E-state index contributed by atoms with van der Waals surface area (Å²) in [5.74, 6) is 0. The molecule has 106 valence electrons. The van der Waals surface area contributed by atoms with Crippen LogP contribution in [0.4, 0.5) is 0 Å². The molecule has 0 spiro atoms. The maximum absolute atomic E-state index is 11.9. The van der Waals surface area contributed by atoms with Gasteiger partial charge in [0.1, 0.15) is 0 Å². The van der Waals surface area contributed by atoms with Crippen molar-refractivity contribution < 1.29 is 9.59 Å². The lowest BCUT2D eigenvalue weighted by molar-refractivity contribution is 0.105. The fourth-order valence-corrected chi connectivity index (χ4v) is 3.53. The molecular formula is C18H8Cl2O2. The van der Waals surface area contributed by atoms with E-state index in [1.54, 1.807) is 6.07 Å². The fourth-order valence-electron chi connectivity index (χ4n) is 3.18. The Morgan fingerprint density at radius 3 is 2.00 bits per heavy atom. The lowest BCUT2D eigenvalue weighted by Gasteiger charge is -2.14. The Morgan fingerprint density at radius 2 is 1.36 bits per heavy atom. The van der Waals surface area contributed by atoms with Gasteiger partial charge in [-0.05, 0) is 61.6 Å². The number of carbonyl (C=O) groups is 2. The van der Waals surface area contributed by atoms with E-state index in [1.807, 2.05) is 42.5 Å². The highest BCUT2D eigenvalue weighted by Gasteiger charge is 2.21. The van der Waals surface area contributed by atoms with E-state index in [4.69, 9.17) is 23.2 Å². The van der Waals surface area contributed by atoms with Crippen LogP contribution in [0.2, 0.25) is 0 Å². The van der Waals surface area contributed by atoms with E-state index < -0.39 is 10.5 Å². The Bertz CT molecular complexity index is 1070. The maximum atomic E-state index is 11.9. The molecule has 4 aromatic rings. The number of benzene rings is 4. The molecule has 0 radical (unpaired) electrons. The zero-order valence-corrected chi connectivity index (χ0v) is 12.7. The predicted molar refractivity (Wildman–Crippen MR) is 90.5 cm³/mol. The summed E-state index contributed by atoms with van der Waals surface area (Å²) >= 11 is 11.4. The summed E-state index contributed by atoms with van der Waals surface area (Å²) < 4.78 is 0. The quantitative estimate of drug-likeness (QED) is 0.368. The summed E-state index contributed by atoms with van der Waals surface area (Å²) in [6.07, 6.45) is 0. The Labute approximate surface area is 135 Å². The van der Waals surface area contributed by atoms with Gasteiger partial charge in [0.15, 0.2) is 0 Å². The third-order valence-corrected chi connectivity index (χ3v) is 4.45. The number of hydrogen-bond donors (Lipinski definition) is 0. The van der Waals surface area contributed by atoms with Gasteiger partial charge in [0.2, 0.25) is 0 Å². The van der Waals surface area contributed by atoms with Gasteiger partial charge in [-0.25, -0.2) is 0 Å². The molecule has 4 heteroatoms. The van der Waals surface area contributed by atoms with E-state index in [0.29, 0.717) is 5.39 Å². The molecule has 0 heterocycles. The average molecular weight is 327 g/mol. The van der Waals surface area contributed by atoms with Crippen LogP contribution < -0.4 is 0 Å². The van der Waals surface area contributed by atoms with Crippen molar-refractivity contribution in [3.05, 3.63) is 59.7 Å². The smallest absolute Gasteiger partial charge is 0.253 e. The van der Waals surface area contributed by atoms with Gasteiger partial charge in [-0.3, -0.25) is 9.59 Å². The van der Waals surface area contributed by atoms with Gasteiger partial charge in [0.25, 0.3) is 10.5 Å². The van der Waals surface area contributed by atoms with Crippen LogP contribution in [0.1, 0.15) is 20.7 Å². The van der Waals surface area contributed by atoms with Crippen molar-refractivity contribution in [2.45, 2.75) is 0 Å². The fraction of sp³-hybridized carbons (Fsp3) is 0. The monoisotopic (exact) mass is 326 g/mol. The van der Waals surface area contributed by atoms with Crippen molar-refractivity contribution in [2.75, 3.05) is 0 Å². The number of carbonyl (C=O) groups excluding carboxylic acids is 2. The van der Waals surface area contributed by atoms with Gasteiger partial charge in [-0.1, -0.05) is 42.5 Å². The molecule has 0 aromatic heterocycles. The normalized spacial score (nSPS) is 11.5. The molecule has 0 aliphatic heterocycles. The SMILES string of the molecule is O=C(Cl)c1cc2ccc3cccc4ccc(c1C(=O)Cl)c2c34. The molecule has 0 aliphatic carbocycles. The number of hydrogen-bond acceptors (Lipinski definition) is 2. The molecule has 0 bridgehead atoms. The molecule has 22 heavy (non-hydrogen) atoms. The zero-order valence-electron chi connectivity index (χ0n) is 11.2. The first-order valence-electron chi connectivity index (χ1n) is 6.68. The van der Waals surface area contributed by atoms with E-state index in [0.717, 1.165) is 26.9 Å². The first kappa shape index (κ1) is 13.5. The molecule has 0 atom stereocenters. The standard InChI is InChI=1S/C18H8Cl2O2/c19-17(21)13-8-11-5-4-9-2-1-3-10-6-7-12(15(11)14(9)10)16(13)18(20)22/h1-8H. The van der Waals surface area contributed by atoms with Gasteiger partial charge < -0.3 is 0 Å². The van der Waals surface area contributed by atoms with E-state index in [2.05, 4.69) is 0 Å². The summed E-state index contributed by atoms with van der Waals surface area (Å²) in [6, 6.07) is 15.3. The molecule has 4 aromatic carbocycles. The summed E-state index contributed by atoms with van der Waals surface area (Å²) in [4.78, 5) is 23.6. The summed E-state index contributed by atoms with van der Waals surface area (Å²) in [5.41, 5.74) is 0.319. The summed E-state index contributed by atoms with van der Waals surface area (Å²) in [7, 11) is 0. The Balaban J connectivity index is 2.36. The molecule has 2 nitrogen and oxygen atoms in total. The average Bonchev–Trinajstić information content (AvgIpc) is 2.51. The van der Waals surface area contributed by atoms with Crippen LogP contribution >= 0.6 is 23.2 Å². The molecule has 0 unspecified atom stereocenters. The van der Waals surface area contributed by atoms with E-state index in [-0.39, 0.29) is 11.1 Å². The Hall–Kier alpha value is -2.16. The second-order valence-electron chi connectivity index (χ2n) is 5.20. The molecule has 4 rings (SSSR count). The van der Waals surface area contributed by atoms with Crippen LogP contribution in [0.15, 0.2) is 48.5 Å². The van der Waals surface area contributed by atoms with Gasteiger partial charge >= 0.3 is 0 Å². The molecular weight excluding hydrogens is 319 g/mol. The molecule has 0 fully saturated rings. The van der Waals surface area contributed by atoms with Crippen LogP contribution in [0, 0.1) is 0 Å². The molecule has 0 saturated carbocycles. The van der Waals surface area contributed by atoms with E-state index in [1.165, 1.54) is 0 Å². The van der Waals surface area contributed by atoms with Crippen LogP contribution in [0.25, 0.3) is 32.3 Å². The highest BCUT2D eigenvalue weighted by Crippen LogP contribution is 2.38. The number of halogens is 2. The lowest BCUT2D eigenvalue weighted by Crippen LogP contribution is -2.03. The lowest BCUT2D eigenvalue weighted by atomic mass is 9.90. The topological polar surface area (TPSA) is 34.1 Å². The second-order valence-corrected chi connectivity index (χ2v) is 5.89. The molecule has 0 N–H and O–H groups in total. The van der Waals surface area contributed by atoms with Gasteiger partial charge in [-0.15, -0.1) is 0 Å².